The highest BCUT2D eigenvalue weighted by Crippen LogP contribution is 2.26. The van der Waals surface area contributed by atoms with Gasteiger partial charge < -0.3 is 16.0 Å². The van der Waals surface area contributed by atoms with Crippen molar-refractivity contribution in [2.75, 3.05) is 16.4 Å². The van der Waals surface area contributed by atoms with E-state index >= 15 is 0 Å². The highest BCUT2D eigenvalue weighted by molar-refractivity contribution is 8.00. The molecule has 0 aliphatic heterocycles. The molecular weight excluding hydrogens is 613 g/mol. The summed E-state index contributed by atoms with van der Waals surface area (Å²) in [6.45, 7) is 6.27. The second-order valence-electron chi connectivity index (χ2n) is 10.9. The lowest BCUT2D eigenvalue weighted by molar-refractivity contribution is -0.114. The Morgan fingerprint density at radius 2 is 1.54 bits per heavy atom. The van der Waals surface area contributed by atoms with Crippen LogP contribution in [0.1, 0.15) is 46.8 Å². The van der Waals surface area contributed by atoms with Crippen molar-refractivity contribution in [3.05, 3.63) is 136 Å². The van der Waals surface area contributed by atoms with E-state index < -0.39 is 5.91 Å². The molecule has 0 spiro atoms. The van der Waals surface area contributed by atoms with Crippen molar-refractivity contribution in [1.29, 1.82) is 0 Å². The van der Waals surface area contributed by atoms with Gasteiger partial charge in [-0.25, -0.2) is 4.98 Å². The van der Waals surface area contributed by atoms with Crippen LogP contribution in [0.2, 0.25) is 0 Å². The van der Waals surface area contributed by atoms with Crippen LogP contribution in [0.3, 0.4) is 0 Å². The predicted octanol–water partition coefficient (Wildman–Crippen LogP) is 8.38. The van der Waals surface area contributed by atoms with Crippen LogP contribution in [-0.2, 0) is 9.59 Å². The maximum Gasteiger partial charge on any atom is 0.272 e. The number of nitrogens with zero attached hydrogens (tertiary/aromatic N) is 1. The van der Waals surface area contributed by atoms with Crippen LogP contribution in [-0.4, -0.2) is 28.5 Å². The molecule has 0 radical (unpaired) electrons. The van der Waals surface area contributed by atoms with Crippen molar-refractivity contribution < 1.29 is 14.4 Å². The maximum absolute atomic E-state index is 13.4. The molecule has 232 valence electrons. The molecule has 0 saturated heterocycles. The first-order valence-electron chi connectivity index (χ1n) is 14.8. The van der Waals surface area contributed by atoms with Gasteiger partial charge in [0.15, 0.2) is 5.13 Å². The summed E-state index contributed by atoms with van der Waals surface area (Å²) in [6.07, 6.45) is 1.66. The van der Waals surface area contributed by atoms with Gasteiger partial charge in [0.1, 0.15) is 5.70 Å². The van der Waals surface area contributed by atoms with Crippen LogP contribution in [0, 0.1) is 6.92 Å². The minimum atomic E-state index is -0.453. The van der Waals surface area contributed by atoms with Crippen molar-refractivity contribution in [2.45, 2.75) is 31.6 Å². The van der Waals surface area contributed by atoms with Gasteiger partial charge in [-0.2, -0.15) is 0 Å². The number of aromatic nitrogens is 1. The number of hydrogen-bond acceptors (Lipinski definition) is 6. The van der Waals surface area contributed by atoms with Crippen LogP contribution < -0.4 is 16.0 Å². The summed E-state index contributed by atoms with van der Waals surface area (Å²) in [5.41, 5.74) is 6.10. The monoisotopic (exact) mass is 646 g/mol. The molecule has 0 atom stereocenters. The number of thioether (sulfide) groups is 1. The van der Waals surface area contributed by atoms with Crippen molar-refractivity contribution >= 4 is 57.7 Å². The molecule has 9 heteroatoms. The Morgan fingerprint density at radius 1 is 0.848 bits per heavy atom. The minimum Gasteiger partial charge on any atom is -0.321 e. The first kappa shape index (κ1) is 32.4. The van der Waals surface area contributed by atoms with E-state index in [0.29, 0.717) is 22.3 Å². The highest BCUT2D eigenvalue weighted by Gasteiger charge is 2.16. The van der Waals surface area contributed by atoms with Gasteiger partial charge in [-0.3, -0.25) is 14.4 Å². The van der Waals surface area contributed by atoms with Crippen LogP contribution in [0.15, 0.2) is 119 Å². The summed E-state index contributed by atoms with van der Waals surface area (Å²) < 4.78 is 0. The highest BCUT2D eigenvalue weighted by atomic mass is 32.2. The molecule has 7 nitrogen and oxygen atoms in total. The lowest BCUT2D eigenvalue weighted by Crippen LogP contribution is -2.30. The van der Waals surface area contributed by atoms with Crippen LogP contribution >= 0.6 is 23.1 Å². The van der Waals surface area contributed by atoms with Crippen LogP contribution in [0.4, 0.5) is 10.8 Å². The standard InChI is InChI=1S/C37H34N4O3S2/c1-24(2)27-15-11-26(12-16-27)21-32(39-35(43)29-7-5-4-6-8-29)36(44)38-30-17-19-31(20-18-30)45-23-34(42)41-37-40-33(22-46-37)28-13-9-25(3)10-14-28/h4-22,24H,23H2,1-3H3,(H,38,44)(H,39,43)(H,40,41,42)/b32-21-. The summed E-state index contributed by atoms with van der Waals surface area (Å²) in [4.78, 5) is 44.3. The molecule has 1 heterocycles. The number of amides is 3. The normalized spacial score (nSPS) is 11.3. The van der Waals surface area contributed by atoms with E-state index in [9.17, 15) is 14.4 Å². The molecule has 0 bridgehead atoms. The van der Waals surface area contributed by atoms with Gasteiger partial charge in [0, 0.05) is 27.1 Å². The predicted molar refractivity (Wildman–Crippen MR) is 189 cm³/mol. The molecule has 0 aliphatic rings. The van der Waals surface area contributed by atoms with E-state index in [2.05, 4.69) is 34.8 Å². The minimum absolute atomic E-state index is 0.119. The van der Waals surface area contributed by atoms with Crippen molar-refractivity contribution in [3.63, 3.8) is 0 Å². The van der Waals surface area contributed by atoms with Crippen molar-refractivity contribution in [2.24, 2.45) is 0 Å². The number of nitrogens with one attached hydrogen (secondary N) is 3. The molecule has 3 amide bonds. The third-order valence-electron chi connectivity index (χ3n) is 7.02. The van der Waals surface area contributed by atoms with Gasteiger partial charge in [-0.05, 0) is 66.4 Å². The zero-order valence-corrected chi connectivity index (χ0v) is 27.4. The Hall–Kier alpha value is -4.99. The Balaban J connectivity index is 1.19. The molecule has 5 rings (SSSR count). The molecule has 5 aromatic rings. The lowest BCUT2D eigenvalue weighted by Gasteiger charge is -2.12. The third kappa shape index (κ3) is 9.03. The topological polar surface area (TPSA) is 100 Å². The zero-order valence-electron chi connectivity index (χ0n) is 25.7. The van der Waals surface area contributed by atoms with E-state index in [4.69, 9.17) is 0 Å². The molecule has 46 heavy (non-hydrogen) atoms. The summed E-state index contributed by atoms with van der Waals surface area (Å²) in [5.74, 6) is -0.401. The fourth-order valence-corrected chi connectivity index (χ4v) is 5.85. The Kier molecular flexibility index (Phi) is 10.8. The number of benzene rings is 4. The largest absolute Gasteiger partial charge is 0.321 e. The zero-order chi connectivity index (χ0) is 32.5. The summed E-state index contributed by atoms with van der Waals surface area (Å²) in [6, 6.07) is 31.9. The SMILES string of the molecule is Cc1ccc(-c2csc(NC(=O)CSc3ccc(NC(=O)/C(=C/c4ccc(C(C)C)cc4)NC(=O)c4ccccc4)cc3)n2)cc1. The number of carbonyl (C=O) groups excluding carboxylic acids is 3. The second-order valence-corrected chi connectivity index (χ2v) is 12.8. The molecule has 4 aromatic carbocycles. The average molecular weight is 647 g/mol. The summed E-state index contributed by atoms with van der Waals surface area (Å²) in [7, 11) is 0. The molecule has 0 aliphatic carbocycles. The molecule has 0 saturated carbocycles. The van der Waals surface area contributed by atoms with Gasteiger partial charge >= 0.3 is 0 Å². The van der Waals surface area contributed by atoms with Gasteiger partial charge in [0.05, 0.1) is 11.4 Å². The summed E-state index contributed by atoms with van der Waals surface area (Å²) >= 11 is 2.77. The first-order chi connectivity index (χ1) is 22.2. The molecular formula is C37H34N4O3S2. The second kappa shape index (κ2) is 15.3. The number of carbonyl (C=O) groups is 3. The molecule has 3 N–H and O–H groups in total. The smallest absolute Gasteiger partial charge is 0.272 e. The Bertz CT molecular complexity index is 1830. The number of rotatable bonds is 11. The van der Waals surface area contributed by atoms with Crippen molar-refractivity contribution in [3.8, 4) is 11.3 Å². The van der Waals surface area contributed by atoms with Crippen molar-refractivity contribution in [1.82, 2.24) is 10.3 Å². The summed E-state index contributed by atoms with van der Waals surface area (Å²) in [5, 5.41) is 11.0. The number of anilines is 2. The van der Waals surface area contributed by atoms with E-state index in [1.54, 1.807) is 42.5 Å². The van der Waals surface area contributed by atoms with Gasteiger partial charge in [0.2, 0.25) is 5.91 Å². The van der Waals surface area contributed by atoms with E-state index in [1.807, 2.05) is 79.0 Å². The maximum atomic E-state index is 13.4. The van der Waals surface area contributed by atoms with Crippen LogP contribution in [0.25, 0.3) is 17.3 Å². The molecule has 0 unspecified atom stereocenters. The van der Waals surface area contributed by atoms with E-state index in [-0.39, 0.29) is 23.3 Å². The van der Waals surface area contributed by atoms with Crippen LogP contribution in [0.5, 0.6) is 0 Å². The Labute approximate surface area is 277 Å². The number of thiazole rings is 1. The third-order valence-corrected chi connectivity index (χ3v) is 8.79. The van der Waals surface area contributed by atoms with Gasteiger partial charge in [-0.15, -0.1) is 23.1 Å². The first-order valence-corrected chi connectivity index (χ1v) is 16.6. The number of aryl methyl sites for hydroxylation is 1. The number of hydrogen-bond donors (Lipinski definition) is 3. The lowest BCUT2D eigenvalue weighted by atomic mass is 10.0. The molecule has 1 aromatic heterocycles. The fourth-order valence-electron chi connectivity index (χ4n) is 4.41. The van der Waals surface area contributed by atoms with E-state index in [0.717, 1.165) is 21.7 Å². The van der Waals surface area contributed by atoms with Gasteiger partial charge in [-0.1, -0.05) is 86.1 Å². The Morgan fingerprint density at radius 3 is 2.22 bits per heavy atom. The fraction of sp³-hybridized carbons (Fsp3) is 0.135. The van der Waals surface area contributed by atoms with E-state index in [1.165, 1.54) is 34.2 Å². The average Bonchev–Trinajstić information content (AvgIpc) is 3.53. The van der Waals surface area contributed by atoms with Gasteiger partial charge in [0.25, 0.3) is 11.8 Å². The molecule has 0 fully saturated rings. The quantitative estimate of drug-likeness (QED) is 0.0989.